The van der Waals surface area contributed by atoms with Gasteiger partial charge in [0, 0.05) is 12.6 Å². The van der Waals surface area contributed by atoms with Crippen molar-refractivity contribution in [2.75, 3.05) is 7.05 Å². The van der Waals surface area contributed by atoms with Crippen molar-refractivity contribution in [1.29, 1.82) is 0 Å². The number of hydrogen-bond donors (Lipinski definition) is 1. The molecule has 0 spiro atoms. The first-order valence-corrected chi connectivity index (χ1v) is 4.84. The maximum atomic E-state index is 11.3. The van der Waals surface area contributed by atoms with Gasteiger partial charge in [-0.25, -0.2) is 0 Å². The molecule has 0 aliphatic carbocycles. The van der Waals surface area contributed by atoms with Crippen molar-refractivity contribution >= 4 is 11.5 Å². The monoisotopic (exact) mass is 201 g/mol. The van der Waals surface area contributed by atoms with Gasteiger partial charge < -0.3 is 5.32 Å². The molecule has 1 aromatic rings. The highest BCUT2D eigenvalue weighted by atomic mass is 16.1. The van der Waals surface area contributed by atoms with E-state index < -0.39 is 0 Å². The molecule has 0 unspecified atom stereocenters. The Kier molecular flexibility index (Phi) is 3.86. The van der Waals surface area contributed by atoms with Crippen molar-refractivity contribution in [3.63, 3.8) is 0 Å². The van der Waals surface area contributed by atoms with Crippen molar-refractivity contribution in [2.45, 2.75) is 6.92 Å². The number of amides is 1. The van der Waals surface area contributed by atoms with Gasteiger partial charge in [0.2, 0.25) is 0 Å². The van der Waals surface area contributed by atoms with Gasteiger partial charge in [0.25, 0.3) is 5.91 Å². The Morgan fingerprint density at radius 1 is 1.27 bits per heavy atom. The molecule has 0 fully saturated rings. The molecule has 1 rings (SSSR count). The second-order valence-electron chi connectivity index (χ2n) is 3.10. The average Bonchev–Trinajstić information content (AvgIpc) is 2.30. The van der Waals surface area contributed by atoms with Crippen molar-refractivity contribution in [3.8, 4) is 0 Å². The summed E-state index contributed by atoms with van der Waals surface area (Å²) in [6.07, 6.45) is 3.79. The van der Waals surface area contributed by atoms with Crippen molar-refractivity contribution in [1.82, 2.24) is 5.32 Å². The van der Waals surface area contributed by atoms with Crippen molar-refractivity contribution in [3.05, 3.63) is 54.1 Å². The lowest BCUT2D eigenvalue weighted by atomic mass is 10.0. The number of rotatable bonds is 3. The lowest BCUT2D eigenvalue weighted by Crippen LogP contribution is -2.17. The molecule has 1 N–H and O–H groups in total. The van der Waals surface area contributed by atoms with Crippen LogP contribution in [0.1, 0.15) is 22.8 Å². The molecule has 0 aliphatic rings. The fourth-order valence-corrected chi connectivity index (χ4v) is 1.36. The largest absolute Gasteiger partial charge is 0.355 e. The highest BCUT2D eigenvalue weighted by molar-refractivity contribution is 5.94. The Labute approximate surface area is 90.3 Å². The second kappa shape index (κ2) is 5.15. The summed E-state index contributed by atoms with van der Waals surface area (Å²) >= 11 is 0. The van der Waals surface area contributed by atoms with Gasteiger partial charge in [-0.3, -0.25) is 4.79 Å². The van der Waals surface area contributed by atoms with Gasteiger partial charge in [0.1, 0.15) is 0 Å². The van der Waals surface area contributed by atoms with Crippen LogP contribution in [-0.4, -0.2) is 13.0 Å². The molecular weight excluding hydrogens is 186 g/mol. The minimum Gasteiger partial charge on any atom is -0.355 e. The van der Waals surface area contributed by atoms with E-state index in [2.05, 4.69) is 11.9 Å². The smallest absolute Gasteiger partial charge is 0.251 e. The zero-order chi connectivity index (χ0) is 11.3. The number of allylic oxidation sites excluding steroid dienone is 3. The van der Waals surface area contributed by atoms with Crippen LogP contribution in [0.25, 0.3) is 5.57 Å². The highest BCUT2D eigenvalue weighted by Crippen LogP contribution is 2.15. The van der Waals surface area contributed by atoms with Gasteiger partial charge in [0.15, 0.2) is 0 Å². The van der Waals surface area contributed by atoms with E-state index in [0.717, 1.165) is 11.1 Å². The molecule has 2 nitrogen and oxygen atoms in total. The Hall–Kier alpha value is -1.83. The van der Waals surface area contributed by atoms with Gasteiger partial charge in [-0.15, -0.1) is 0 Å². The number of benzene rings is 1. The van der Waals surface area contributed by atoms with Crippen LogP contribution < -0.4 is 5.32 Å². The van der Waals surface area contributed by atoms with Crippen LogP contribution in [0.2, 0.25) is 0 Å². The Balaban J connectivity index is 2.99. The maximum Gasteiger partial charge on any atom is 0.251 e. The first-order chi connectivity index (χ1) is 7.22. The van der Waals surface area contributed by atoms with Crippen LogP contribution in [0.3, 0.4) is 0 Å². The van der Waals surface area contributed by atoms with E-state index in [-0.39, 0.29) is 5.91 Å². The van der Waals surface area contributed by atoms with E-state index >= 15 is 0 Å². The third-order valence-electron chi connectivity index (χ3n) is 2.24. The first-order valence-electron chi connectivity index (χ1n) is 4.84. The summed E-state index contributed by atoms with van der Waals surface area (Å²) in [5, 5.41) is 2.58. The van der Waals surface area contributed by atoms with E-state index in [0.29, 0.717) is 5.56 Å². The van der Waals surface area contributed by atoms with Crippen LogP contribution in [0.4, 0.5) is 0 Å². The lowest BCUT2D eigenvalue weighted by Gasteiger charge is -2.03. The standard InChI is InChI=1S/C13H15NO/c1-4-10(5-2)11-6-8-12(9-7-11)13(15)14-3/h4-9H,1H2,2-3H3,(H,14,15)/b10-5+. The summed E-state index contributed by atoms with van der Waals surface area (Å²) in [4.78, 5) is 11.3. The van der Waals surface area contributed by atoms with Gasteiger partial charge in [-0.05, 0) is 30.2 Å². The summed E-state index contributed by atoms with van der Waals surface area (Å²) in [5.74, 6) is -0.0674. The predicted molar refractivity (Wildman–Crippen MR) is 63.7 cm³/mol. The summed E-state index contributed by atoms with van der Waals surface area (Å²) in [7, 11) is 1.62. The first kappa shape index (κ1) is 11.2. The lowest BCUT2D eigenvalue weighted by molar-refractivity contribution is 0.0963. The molecule has 0 radical (unpaired) electrons. The van der Waals surface area contributed by atoms with Crippen LogP contribution >= 0.6 is 0 Å². The fourth-order valence-electron chi connectivity index (χ4n) is 1.36. The predicted octanol–water partition coefficient (Wildman–Crippen LogP) is 2.64. The van der Waals surface area contributed by atoms with E-state index in [1.807, 2.05) is 25.1 Å². The van der Waals surface area contributed by atoms with E-state index in [9.17, 15) is 4.79 Å². The number of hydrogen-bond acceptors (Lipinski definition) is 1. The molecule has 0 saturated carbocycles. The minimum atomic E-state index is -0.0674. The number of carbonyl (C=O) groups excluding carboxylic acids is 1. The number of carbonyl (C=O) groups is 1. The zero-order valence-electron chi connectivity index (χ0n) is 9.08. The van der Waals surface area contributed by atoms with Gasteiger partial charge in [-0.1, -0.05) is 30.9 Å². The van der Waals surface area contributed by atoms with Gasteiger partial charge in [0.05, 0.1) is 0 Å². The quantitative estimate of drug-likeness (QED) is 0.748. The number of nitrogens with one attached hydrogen (secondary N) is 1. The van der Waals surface area contributed by atoms with Gasteiger partial charge in [-0.2, -0.15) is 0 Å². The van der Waals surface area contributed by atoms with E-state index in [4.69, 9.17) is 0 Å². The average molecular weight is 201 g/mol. The summed E-state index contributed by atoms with van der Waals surface area (Å²) in [5.41, 5.74) is 2.80. The molecule has 0 atom stereocenters. The highest BCUT2D eigenvalue weighted by Gasteiger charge is 2.02. The summed E-state index contributed by atoms with van der Waals surface area (Å²) in [6.45, 7) is 5.70. The Bertz CT molecular complexity index is 388. The molecule has 0 bridgehead atoms. The molecule has 0 saturated heterocycles. The Morgan fingerprint density at radius 2 is 1.80 bits per heavy atom. The van der Waals surface area contributed by atoms with E-state index in [1.165, 1.54) is 0 Å². The molecule has 0 aliphatic heterocycles. The van der Waals surface area contributed by atoms with Gasteiger partial charge >= 0.3 is 0 Å². The fraction of sp³-hybridized carbons (Fsp3) is 0.154. The molecule has 0 aromatic heterocycles. The molecule has 0 heterocycles. The van der Waals surface area contributed by atoms with Crippen LogP contribution in [0.15, 0.2) is 43.0 Å². The third kappa shape index (κ3) is 2.56. The van der Waals surface area contributed by atoms with Crippen molar-refractivity contribution in [2.24, 2.45) is 0 Å². The SMILES string of the molecule is C=C/C(=C\C)c1ccc(C(=O)NC)cc1. The van der Waals surface area contributed by atoms with Crippen LogP contribution in [0, 0.1) is 0 Å². The third-order valence-corrected chi connectivity index (χ3v) is 2.24. The summed E-state index contributed by atoms with van der Waals surface area (Å²) in [6, 6.07) is 7.45. The molecule has 1 aromatic carbocycles. The molecule has 1 amide bonds. The van der Waals surface area contributed by atoms with Crippen molar-refractivity contribution < 1.29 is 4.79 Å². The molecule has 2 heteroatoms. The maximum absolute atomic E-state index is 11.3. The topological polar surface area (TPSA) is 29.1 Å². The van der Waals surface area contributed by atoms with Crippen LogP contribution in [0.5, 0.6) is 0 Å². The second-order valence-corrected chi connectivity index (χ2v) is 3.10. The van der Waals surface area contributed by atoms with E-state index in [1.54, 1.807) is 25.3 Å². The summed E-state index contributed by atoms with van der Waals surface area (Å²) < 4.78 is 0. The molecule has 78 valence electrons. The Morgan fingerprint density at radius 3 is 2.20 bits per heavy atom. The zero-order valence-corrected chi connectivity index (χ0v) is 9.08. The van der Waals surface area contributed by atoms with Crippen LogP contribution in [-0.2, 0) is 0 Å². The molecular formula is C13H15NO. The minimum absolute atomic E-state index is 0.0674. The normalized spacial score (nSPS) is 10.9. The molecule has 15 heavy (non-hydrogen) atoms.